The van der Waals surface area contributed by atoms with E-state index in [1.165, 1.54) is 0 Å². The smallest absolute Gasteiger partial charge is 0.240 e. The summed E-state index contributed by atoms with van der Waals surface area (Å²) in [6, 6.07) is 5.32. The van der Waals surface area contributed by atoms with E-state index in [-0.39, 0.29) is 6.54 Å². The van der Waals surface area contributed by atoms with Crippen LogP contribution in [-0.2, 0) is 21.3 Å². The van der Waals surface area contributed by atoms with Crippen molar-refractivity contribution < 1.29 is 13.2 Å². The van der Waals surface area contributed by atoms with Gasteiger partial charge in [0.1, 0.15) is 0 Å². The second-order valence-corrected chi connectivity index (χ2v) is 7.32. The molecule has 0 spiro atoms. The predicted molar refractivity (Wildman–Crippen MR) is 84.8 cm³/mol. The molecule has 1 aromatic rings. The summed E-state index contributed by atoms with van der Waals surface area (Å²) < 4.78 is 33.1. The Morgan fingerprint density at radius 3 is 2.52 bits per heavy atom. The molecule has 6 heteroatoms. The van der Waals surface area contributed by atoms with Crippen molar-refractivity contribution in [1.29, 1.82) is 0 Å². The maximum absolute atomic E-state index is 12.5. The van der Waals surface area contributed by atoms with Gasteiger partial charge >= 0.3 is 0 Å². The fourth-order valence-electron chi connectivity index (χ4n) is 2.12. The zero-order valence-electron chi connectivity index (χ0n) is 13.5. The first-order valence-electron chi connectivity index (χ1n) is 7.10. The fourth-order valence-corrected chi connectivity index (χ4v) is 3.61. The minimum Gasteiger partial charge on any atom is -0.375 e. The van der Waals surface area contributed by atoms with Crippen LogP contribution in [0.25, 0.3) is 0 Å². The lowest BCUT2D eigenvalue weighted by atomic mass is 10.1. The standard InChI is InChI=1S/C15H26N2O3S/c1-6-20-15(3,4)11-17-21(18,19)14-9-7-8-13(10-16-5)12(14)2/h7-9,16-17H,6,10-11H2,1-5H3. The van der Waals surface area contributed by atoms with Crippen molar-refractivity contribution in [2.45, 2.75) is 44.7 Å². The number of benzene rings is 1. The third-order valence-corrected chi connectivity index (χ3v) is 4.82. The Morgan fingerprint density at radius 1 is 1.29 bits per heavy atom. The number of sulfonamides is 1. The van der Waals surface area contributed by atoms with E-state index in [1.807, 2.05) is 40.8 Å². The molecule has 0 heterocycles. The van der Waals surface area contributed by atoms with E-state index in [9.17, 15) is 8.42 Å². The lowest BCUT2D eigenvalue weighted by Crippen LogP contribution is -2.40. The predicted octanol–water partition coefficient (Wildman–Crippen LogP) is 1.81. The van der Waals surface area contributed by atoms with Crippen molar-refractivity contribution in [3.63, 3.8) is 0 Å². The molecule has 2 N–H and O–H groups in total. The topological polar surface area (TPSA) is 67.4 Å². The number of hydrogen-bond donors (Lipinski definition) is 2. The molecule has 0 aromatic heterocycles. The van der Waals surface area contributed by atoms with E-state index in [4.69, 9.17) is 4.74 Å². The minimum absolute atomic E-state index is 0.235. The van der Waals surface area contributed by atoms with Crippen molar-refractivity contribution in [1.82, 2.24) is 10.0 Å². The van der Waals surface area contributed by atoms with Gasteiger partial charge in [-0.15, -0.1) is 0 Å². The molecule has 0 saturated heterocycles. The normalized spacial score (nSPS) is 12.6. The third kappa shape index (κ3) is 5.07. The lowest BCUT2D eigenvalue weighted by Gasteiger charge is -2.25. The Hall–Kier alpha value is -0.950. The Morgan fingerprint density at radius 2 is 1.95 bits per heavy atom. The molecular weight excluding hydrogens is 288 g/mol. The van der Waals surface area contributed by atoms with Gasteiger partial charge in [0.25, 0.3) is 0 Å². The van der Waals surface area contributed by atoms with Crippen LogP contribution < -0.4 is 10.0 Å². The molecule has 0 unspecified atom stereocenters. The molecule has 0 bridgehead atoms. The summed E-state index contributed by atoms with van der Waals surface area (Å²) in [5.41, 5.74) is 1.22. The molecule has 5 nitrogen and oxygen atoms in total. The van der Waals surface area contributed by atoms with E-state index in [0.29, 0.717) is 18.0 Å². The molecule has 21 heavy (non-hydrogen) atoms. The average molecular weight is 314 g/mol. The van der Waals surface area contributed by atoms with Crippen LogP contribution in [0.4, 0.5) is 0 Å². The highest BCUT2D eigenvalue weighted by atomic mass is 32.2. The van der Waals surface area contributed by atoms with Gasteiger partial charge in [-0.2, -0.15) is 0 Å². The molecule has 1 rings (SSSR count). The van der Waals surface area contributed by atoms with Crippen LogP contribution in [0.5, 0.6) is 0 Å². The van der Waals surface area contributed by atoms with Crippen LogP contribution in [0, 0.1) is 6.92 Å². The van der Waals surface area contributed by atoms with E-state index in [2.05, 4.69) is 10.0 Å². The van der Waals surface area contributed by atoms with Gasteiger partial charge in [-0.1, -0.05) is 12.1 Å². The maximum Gasteiger partial charge on any atom is 0.240 e. The molecule has 0 fully saturated rings. The van der Waals surface area contributed by atoms with Crippen LogP contribution in [0.15, 0.2) is 23.1 Å². The SMILES string of the molecule is CCOC(C)(C)CNS(=O)(=O)c1cccc(CNC)c1C. The van der Waals surface area contributed by atoms with Crippen LogP contribution in [0.3, 0.4) is 0 Å². The van der Waals surface area contributed by atoms with Crippen LogP contribution in [0.1, 0.15) is 31.9 Å². The number of rotatable bonds is 8. The maximum atomic E-state index is 12.5. The summed E-state index contributed by atoms with van der Waals surface area (Å²) in [4.78, 5) is 0.322. The number of ether oxygens (including phenoxy) is 1. The Bertz CT molecular complexity index is 568. The second-order valence-electron chi connectivity index (χ2n) is 5.59. The van der Waals surface area contributed by atoms with Gasteiger partial charge in [-0.05, 0) is 51.9 Å². The minimum atomic E-state index is -3.54. The summed E-state index contributed by atoms with van der Waals surface area (Å²) in [5.74, 6) is 0. The molecule has 120 valence electrons. The summed E-state index contributed by atoms with van der Waals surface area (Å²) in [5, 5.41) is 3.04. The summed E-state index contributed by atoms with van der Waals surface area (Å²) in [6.07, 6.45) is 0. The first kappa shape index (κ1) is 18.1. The Kier molecular flexibility index (Phi) is 6.34. The van der Waals surface area contributed by atoms with Crippen molar-refractivity contribution in [2.75, 3.05) is 20.2 Å². The highest BCUT2D eigenvalue weighted by Gasteiger charge is 2.24. The van der Waals surface area contributed by atoms with Gasteiger partial charge in [-0.25, -0.2) is 13.1 Å². The average Bonchev–Trinajstić information content (AvgIpc) is 2.39. The van der Waals surface area contributed by atoms with Gasteiger partial charge in [0.2, 0.25) is 10.0 Å². The molecule has 1 aromatic carbocycles. The van der Waals surface area contributed by atoms with Crippen molar-refractivity contribution >= 4 is 10.0 Å². The molecule has 0 aliphatic rings. The fraction of sp³-hybridized carbons (Fsp3) is 0.600. The zero-order valence-corrected chi connectivity index (χ0v) is 14.3. The monoisotopic (exact) mass is 314 g/mol. The van der Waals surface area contributed by atoms with Gasteiger partial charge in [0.05, 0.1) is 10.5 Å². The summed E-state index contributed by atoms with van der Waals surface area (Å²) in [7, 11) is -1.70. The molecule has 0 radical (unpaired) electrons. The third-order valence-electron chi connectivity index (χ3n) is 3.28. The summed E-state index contributed by atoms with van der Waals surface area (Å²) in [6.45, 7) is 8.87. The quantitative estimate of drug-likeness (QED) is 0.768. The van der Waals surface area contributed by atoms with Crippen LogP contribution in [-0.4, -0.2) is 34.2 Å². The first-order valence-corrected chi connectivity index (χ1v) is 8.58. The van der Waals surface area contributed by atoms with Gasteiger partial charge in [-0.3, -0.25) is 0 Å². The van der Waals surface area contributed by atoms with Crippen molar-refractivity contribution in [3.8, 4) is 0 Å². The molecule has 0 aliphatic heterocycles. The van der Waals surface area contributed by atoms with E-state index < -0.39 is 15.6 Å². The highest BCUT2D eigenvalue weighted by molar-refractivity contribution is 7.89. The van der Waals surface area contributed by atoms with Gasteiger partial charge < -0.3 is 10.1 Å². The van der Waals surface area contributed by atoms with E-state index in [1.54, 1.807) is 12.1 Å². The number of nitrogens with one attached hydrogen (secondary N) is 2. The molecule has 0 aliphatic carbocycles. The molecular formula is C15H26N2O3S. The largest absolute Gasteiger partial charge is 0.375 e. The highest BCUT2D eigenvalue weighted by Crippen LogP contribution is 2.19. The Labute approximate surface area is 128 Å². The number of hydrogen-bond acceptors (Lipinski definition) is 4. The van der Waals surface area contributed by atoms with Crippen molar-refractivity contribution in [2.24, 2.45) is 0 Å². The summed E-state index contributed by atoms with van der Waals surface area (Å²) >= 11 is 0. The first-order chi connectivity index (χ1) is 9.73. The van der Waals surface area contributed by atoms with Crippen LogP contribution >= 0.6 is 0 Å². The van der Waals surface area contributed by atoms with E-state index in [0.717, 1.165) is 11.1 Å². The zero-order chi connectivity index (χ0) is 16.1. The van der Waals surface area contributed by atoms with Gasteiger partial charge in [0, 0.05) is 19.7 Å². The molecule has 0 amide bonds. The van der Waals surface area contributed by atoms with Crippen LogP contribution in [0.2, 0.25) is 0 Å². The molecule has 0 atom stereocenters. The van der Waals surface area contributed by atoms with Gasteiger partial charge in [0.15, 0.2) is 0 Å². The molecule has 0 saturated carbocycles. The lowest BCUT2D eigenvalue weighted by molar-refractivity contribution is -0.00515. The Balaban J connectivity index is 2.96. The van der Waals surface area contributed by atoms with E-state index >= 15 is 0 Å². The van der Waals surface area contributed by atoms with Crippen molar-refractivity contribution in [3.05, 3.63) is 29.3 Å². The second kappa shape index (κ2) is 7.35.